The monoisotopic (exact) mass is 182 g/mol. The summed E-state index contributed by atoms with van der Waals surface area (Å²) in [4.78, 5) is 0. The number of hydrogen-bond acceptors (Lipinski definition) is 3. The minimum Gasteiger partial charge on any atom is -0.379 e. The summed E-state index contributed by atoms with van der Waals surface area (Å²) in [6, 6.07) is 0.300. The minimum absolute atomic E-state index is 0.300. The van der Waals surface area contributed by atoms with Crippen molar-refractivity contribution in [2.75, 3.05) is 11.9 Å². The molecule has 1 atom stereocenters. The SMILES string of the molecule is CCc1nn(C)cc1NC(C)CN. The normalized spacial score (nSPS) is 12.9. The Labute approximate surface area is 79.1 Å². The molecule has 0 aliphatic carbocycles. The van der Waals surface area contributed by atoms with Crippen molar-refractivity contribution in [1.29, 1.82) is 0 Å². The van der Waals surface area contributed by atoms with Gasteiger partial charge in [0.1, 0.15) is 0 Å². The van der Waals surface area contributed by atoms with Gasteiger partial charge in [0.25, 0.3) is 0 Å². The van der Waals surface area contributed by atoms with Gasteiger partial charge in [-0.1, -0.05) is 6.92 Å². The van der Waals surface area contributed by atoms with Crippen molar-refractivity contribution >= 4 is 5.69 Å². The van der Waals surface area contributed by atoms with Crippen LogP contribution in [0.5, 0.6) is 0 Å². The van der Waals surface area contributed by atoms with Gasteiger partial charge in [0.15, 0.2) is 0 Å². The first-order chi connectivity index (χ1) is 6.17. The standard InChI is InChI=1S/C9H18N4/c1-4-8-9(6-13(3)12-8)11-7(2)5-10/h6-7,11H,4-5,10H2,1-3H3. The third-order valence-electron chi connectivity index (χ3n) is 2.00. The zero-order valence-electron chi connectivity index (χ0n) is 8.54. The molecule has 13 heavy (non-hydrogen) atoms. The van der Waals surface area contributed by atoms with Gasteiger partial charge in [-0.2, -0.15) is 5.10 Å². The zero-order chi connectivity index (χ0) is 9.84. The molecule has 0 saturated heterocycles. The summed E-state index contributed by atoms with van der Waals surface area (Å²) < 4.78 is 1.82. The van der Waals surface area contributed by atoms with E-state index in [1.807, 2.05) is 17.9 Å². The lowest BCUT2D eigenvalue weighted by Crippen LogP contribution is -2.25. The maximum atomic E-state index is 5.53. The Hall–Kier alpha value is -1.03. The third-order valence-corrected chi connectivity index (χ3v) is 2.00. The summed E-state index contributed by atoms with van der Waals surface area (Å²) in [6.45, 7) is 4.80. The molecule has 0 aliphatic rings. The van der Waals surface area contributed by atoms with Crippen LogP contribution in [0.1, 0.15) is 19.5 Å². The van der Waals surface area contributed by atoms with Gasteiger partial charge in [-0.25, -0.2) is 0 Å². The van der Waals surface area contributed by atoms with Crippen LogP contribution in [-0.2, 0) is 13.5 Å². The summed E-state index contributed by atoms with van der Waals surface area (Å²) in [5.41, 5.74) is 7.73. The third kappa shape index (κ3) is 2.45. The summed E-state index contributed by atoms with van der Waals surface area (Å²) in [7, 11) is 1.93. The van der Waals surface area contributed by atoms with Crippen LogP contribution in [0.25, 0.3) is 0 Å². The first-order valence-corrected chi connectivity index (χ1v) is 4.66. The van der Waals surface area contributed by atoms with E-state index >= 15 is 0 Å². The van der Waals surface area contributed by atoms with Crippen LogP contribution < -0.4 is 11.1 Å². The molecule has 1 unspecified atom stereocenters. The second-order valence-electron chi connectivity index (χ2n) is 3.30. The number of nitrogens with one attached hydrogen (secondary N) is 1. The van der Waals surface area contributed by atoms with Crippen LogP contribution in [0.15, 0.2) is 6.20 Å². The van der Waals surface area contributed by atoms with Crippen LogP contribution in [0.4, 0.5) is 5.69 Å². The highest BCUT2D eigenvalue weighted by atomic mass is 15.3. The molecule has 3 N–H and O–H groups in total. The van der Waals surface area contributed by atoms with Crippen LogP contribution >= 0.6 is 0 Å². The van der Waals surface area contributed by atoms with E-state index in [9.17, 15) is 0 Å². The molecule has 1 rings (SSSR count). The van der Waals surface area contributed by atoms with Gasteiger partial charge in [0.05, 0.1) is 11.4 Å². The van der Waals surface area contributed by atoms with E-state index in [1.54, 1.807) is 0 Å². The number of rotatable bonds is 4. The molecular weight excluding hydrogens is 164 g/mol. The Balaban J connectivity index is 2.74. The van der Waals surface area contributed by atoms with Crippen molar-refractivity contribution in [2.24, 2.45) is 12.8 Å². The Morgan fingerprint density at radius 3 is 2.92 bits per heavy atom. The predicted molar refractivity (Wildman–Crippen MR) is 54.7 cm³/mol. The van der Waals surface area contributed by atoms with E-state index in [0.717, 1.165) is 17.8 Å². The molecule has 4 heteroatoms. The Kier molecular flexibility index (Phi) is 3.31. The number of aryl methyl sites for hydroxylation is 2. The fourth-order valence-corrected chi connectivity index (χ4v) is 1.24. The first kappa shape index (κ1) is 10.1. The van der Waals surface area contributed by atoms with Gasteiger partial charge in [0.2, 0.25) is 0 Å². The van der Waals surface area contributed by atoms with E-state index in [1.165, 1.54) is 0 Å². The molecule has 0 amide bonds. The van der Waals surface area contributed by atoms with Crippen LogP contribution in [-0.4, -0.2) is 22.4 Å². The highest BCUT2D eigenvalue weighted by molar-refractivity contribution is 5.47. The summed E-state index contributed by atoms with van der Waals surface area (Å²) >= 11 is 0. The minimum atomic E-state index is 0.300. The summed E-state index contributed by atoms with van der Waals surface area (Å²) in [5.74, 6) is 0. The number of nitrogens with two attached hydrogens (primary N) is 1. The highest BCUT2D eigenvalue weighted by Gasteiger charge is 2.07. The Bertz CT molecular complexity index is 267. The van der Waals surface area contributed by atoms with E-state index in [4.69, 9.17) is 5.73 Å². The van der Waals surface area contributed by atoms with Crippen LogP contribution in [0.2, 0.25) is 0 Å². The van der Waals surface area contributed by atoms with Crippen LogP contribution in [0.3, 0.4) is 0 Å². The molecule has 74 valence electrons. The fourth-order valence-electron chi connectivity index (χ4n) is 1.24. The van der Waals surface area contributed by atoms with Crippen molar-refractivity contribution in [3.8, 4) is 0 Å². The van der Waals surface area contributed by atoms with Gasteiger partial charge in [-0.05, 0) is 13.3 Å². The lowest BCUT2D eigenvalue weighted by molar-refractivity contribution is 0.746. The molecule has 0 spiro atoms. The highest BCUT2D eigenvalue weighted by Crippen LogP contribution is 2.14. The topological polar surface area (TPSA) is 55.9 Å². The van der Waals surface area contributed by atoms with E-state index in [-0.39, 0.29) is 0 Å². The van der Waals surface area contributed by atoms with Crippen molar-refractivity contribution in [3.05, 3.63) is 11.9 Å². The zero-order valence-corrected chi connectivity index (χ0v) is 8.54. The lowest BCUT2D eigenvalue weighted by atomic mass is 10.2. The van der Waals surface area contributed by atoms with E-state index < -0.39 is 0 Å². The smallest absolute Gasteiger partial charge is 0.0853 e. The first-order valence-electron chi connectivity index (χ1n) is 4.66. The van der Waals surface area contributed by atoms with Gasteiger partial charge >= 0.3 is 0 Å². The number of anilines is 1. The van der Waals surface area contributed by atoms with Crippen LogP contribution in [0, 0.1) is 0 Å². The molecule has 0 fully saturated rings. The van der Waals surface area contributed by atoms with E-state index in [0.29, 0.717) is 12.6 Å². The predicted octanol–water partition coefficient (Wildman–Crippen LogP) is 0.742. The molecule has 0 aromatic carbocycles. The van der Waals surface area contributed by atoms with E-state index in [2.05, 4.69) is 24.3 Å². The molecular formula is C9H18N4. The summed E-state index contributed by atoms with van der Waals surface area (Å²) in [5, 5.41) is 7.65. The maximum absolute atomic E-state index is 5.53. The van der Waals surface area contributed by atoms with Gasteiger partial charge in [-0.15, -0.1) is 0 Å². The molecule has 1 heterocycles. The average Bonchev–Trinajstić information content (AvgIpc) is 2.46. The molecule has 0 saturated carbocycles. The largest absolute Gasteiger partial charge is 0.379 e. The average molecular weight is 182 g/mol. The fraction of sp³-hybridized carbons (Fsp3) is 0.667. The van der Waals surface area contributed by atoms with Crippen molar-refractivity contribution in [2.45, 2.75) is 26.3 Å². The second-order valence-corrected chi connectivity index (χ2v) is 3.30. The van der Waals surface area contributed by atoms with Crippen molar-refractivity contribution in [1.82, 2.24) is 9.78 Å². The Morgan fingerprint density at radius 2 is 2.38 bits per heavy atom. The summed E-state index contributed by atoms with van der Waals surface area (Å²) in [6.07, 6.45) is 2.94. The second kappa shape index (κ2) is 4.28. The van der Waals surface area contributed by atoms with Gasteiger partial charge in [-0.3, -0.25) is 4.68 Å². The van der Waals surface area contributed by atoms with Crippen molar-refractivity contribution in [3.63, 3.8) is 0 Å². The number of aromatic nitrogens is 2. The maximum Gasteiger partial charge on any atom is 0.0853 e. The molecule has 0 radical (unpaired) electrons. The van der Waals surface area contributed by atoms with Crippen molar-refractivity contribution < 1.29 is 0 Å². The lowest BCUT2D eigenvalue weighted by Gasteiger charge is -2.11. The molecule has 0 bridgehead atoms. The van der Waals surface area contributed by atoms with Gasteiger partial charge < -0.3 is 11.1 Å². The van der Waals surface area contributed by atoms with Gasteiger partial charge in [0, 0.05) is 25.8 Å². The molecule has 1 aromatic heterocycles. The molecule has 4 nitrogen and oxygen atoms in total. The molecule has 1 aromatic rings. The Morgan fingerprint density at radius 1 is 1.69 bits per heavy atom. The number of hydrogen-bond donors (Lipinski definition) is 2. The quantitative estimate of drug-likeness (QED) is 0.722. The molecule has 0 aliphatic heterocycles. The number of nitrogens with zero attached hydrogens (tertiary/aromatic N) is 2.